The molecule has 4 nitrogen and oxygen atoms in total. The zero-order valence-corrected chi connectivity index (χ0v) is 6.00. The van der Waals surface area contributed by atoms with Gasteiger partial charge in [-0.3, -0.25) is 4.79 Å². The molecule has 0 atom stereocenters. The summed E-state index contributed by atoms with van der Waals surface area (Å²) in [5, 5.41) is 9.19. The summed E-state index contributed by atoms with van der Waals surface area (Å²) < 4.78 is 0. The first kappa shape index (κ1) is 7.50. The second kappa shape index (κ2) is 2.21. The summed E-state index contributed by atoms with van der Waals surface area (Å²) in [7, 11) is 0. The quantitative estimate of drug-likeness (QED) is 0.472. The molecular weight excluding hydrogens is 132 g/mol. The van der Waals surface area contributed by atoms with Crippen LogP contribution in [0.5, 0.6) is 0 Å². The number of β-amino-alcohol motifs (C(OH)–C–C–N with tert-alkyl or cyclic N) is 1. The average molecular weight is 144 g/mol. The van der Waals surface area contributed by atoms with Crippen LogP contribution in [0.3, 0.4) is 0 Å². The lowest BCUT2D eigenvalue weighted by Gasteiger charge is -2.43. The van der Waals surface area contributed by atoms with Gasteiger partial charge in [0, 0.05) is 0 Å². The summed E-state index contributed by atoms with van der Waals surface area (Å²) in [6, 6.07) is 0. The molecule has 1 aliphatic rings. The number of amides is 1. The Balaban J connectivity index is 2.33. The molecule has 0 unspecified atom stereocenters. The molecule has 1 aliphatic heterocycles. The van der Waals surface area contributed by atoms with E-state index in [1.54, 1.807) is 11.8 Å². The van der Waals surface area contributed by atoms with Crippen LogP contribution in [0.2, 0.25) is 0 Å². The maximum absolute atomic E-state index is 10.8. The van der Waals surface area contributed by atoms with Crippen molar-refractivity contribution in [1.82, 2.24) is 4.90 Å². The van der Waals surface area contributed by atoms with Crippen molar-refractivity contribution in [1.29, 1.82) is 0 Å². The molecule has 0 bridgehead atoms. The first-order valence-corrected chi connectivity index (χ1v) is 3.25. The number of nitrogens with two attached hydrogens (primary N) is 1. The van der Waals surface area contributed by atoms with Crippen LogP contribution < -0.4 is 5.73 Å². The Morgan fingerprint density at radius 2 is 2.30 bits per heavy atom. The lowest BCUT2D eigenvalue weighted by atomic mass is 9.97. The van der Waals surface area contributed by atoms with Crippen molar-refractivity contribution >= 4 is 5.91 Å². The Labute approximate surface area is 59.6 Å². The average Bonchev–Trinajstić information content (AvgIpc) is 1.81. The highest BCUT2D eigenvalue weighted by atomic mass is 16.3. The molecule has 0 aliphatic carbocycles. The molecule has 3 N–H and O–H groups in total. The van der Waals surface area contributed by atoms with Gasteiger partial charge in [0.25, 0.3) is 0 Å². The Hall–Kier alpha value is -0.610. The number of aliphatic hydroxyl groups is 1. The first-order chi connectivity index (χ1) is 4.55. The molecule has 1 saturated heterocycles. The van der Waals surface area contributed by atoms with E-state index in [2.05, 4.69) is 0 Å². The van der Waals surface area contributed by atoms with Crippen LogP contribution in [0.15, 0.2) is 0 Å². The molecule has 10 heavy (non-hydrogen) atoms. The van der Waals surface area contributed by atoms with Gasteiger partial charge in [0.1, 0.15) is 0 Å². The summed E-state index contributed by atoms with van der Waals surface area (Å²) in [5.41, 5.74) is 4.42. The van der Waals surface area contributed by atoms with E-state index in [-0.39, 0.29) is 12.5 Å². The third kappa shape index (κ3) is 1.27. The number of likely N-dealkylation sites (tertiary alicyclic amines) is 1. The number of carbonyl (C=O) groups is 1. The van der Waals surface area contributed by atoms with Crippen molar-refractivity contribution in [2.24, 2.45) is 5.73 Å². The van der Waals surface area contributed by atoms with Crippen LogP contribution >= 0.6 is 0 Å². The predicted molar refractivity (Wildman–Crippen MR) is 36.3 cm³/mol. The van der Waals surface area contributed by atoms with Crippen molar-refractivity contribution in [3.8, 4) is 0 Å². The maximum atomic E-state index is 10.8. The molecule has 0 aromatic carbocycles. The topological polar surface area (TPSA) is 66.6 Å². The third-order valence-corrected chi connectivity index (χ3v) is 1.59. The first-order valence-electron chi connectivity index (χ1n) is 3.25. The van der Waals surface area contributed by atoms with E-state index in [0.717, 1.165) is 0 Å². The largest absolute Gasteiger partial charge is 0.386 e. The lowest BCUT2D eigenvalue weighted by molar-refractivity contribution is -0.150. The summed E-state index contributed by atoms with van der Waals surface area (Å²) in [6.07, 6.45) is 0. The van der Waals surface area contributed by atoms with Gasteiger partial charge in [-0.05, 0) is 6.92 Å². The standard InChI is InChI=1S/C6H12N2O2/c1-6(10)3-8(4-6)5(9)2-7/h10H,2-4,7H2,1H3. The smallest absolute Gasteiger partial charge is 0.236 e. The normalized spacial score (nSPS) is 22.1. The van der Waals surface area contributed by atoms with Crippen molar-refractivity contribution in [3.05, 3.63) is 0 Å². The van der Waals surface area contributed by atoms with Crippen molar-refractivity contribution in [2.75, 3.05) is 19.6 Å². The van der Waals surface area contributed by atoms with Gasteiger partial charge in [-0.25, -0.2) is 0 Å². The highest BCUT2D eigenvalue weighted by Gasteiger charge is 2.38. The minimum absolute atomic E-state index is 0.0378. The number of nitrogens with zero attached hydrogens (tertiary/aromatic N) is 1. The Kier molecular flexibility index (Phi) is 1.66. The van der Waals surface area contributed by atoms with Crippen LogP contribution in [-0.4, -0.2) is 41.1 Å². The van der Waals surface area contributed by atoms with Gasteiger partial charge in [-0.2, -0.15) is 0 Å². The SMILES string of the molecule is CC1(O)CN(C(=O)CN)C1. The van der Waals surface area contributed by atoms with Crippen LogP contribution in [0.4, 0.5) is 0 Å². The minimum atomic E-state index is -0.676. The molecule has 0 aromatic heterocycles. The van der Waals surface area contributed by atoms with Crippen LogP contribution in [0, 0.1) is 0 Å². The van der Waals surface area contributed by atoms with Gasteiger partial charge in [0.05, 0.1) is 25.2 Å². The molecule has 0 saturated carbocycles. The van der Waals surface area contributed by atoms with Crippen LogP contribution in [0.25, 0.3) is 0 Å². The van der Waals surface area contributed by atoms with E-state index in [1.165, 1.54) is 0 Å². The maximum Gasteiger partial charge on any atom is 0.236 e. The monoisotopic (exact) mass is 144 g/mol. The lowest BCUT2D eigenvalue weighted by Crippen LogP contribution is -2.62. The van der Waals surface area contributed by atoms with Gasteiger partial charge in [0.15, 0.2) is 0 Å². The Bertz CT molecular complexity index is 148. The molecular formula is C6H12N2O2. The third-order valence-electron chi connectivity index (χ3n) is 1.59. The van der Waals surface area contributed by atoms with E-state index >= 15 is 0 Å². The summed E-state index contributed by atoms with van der Waals surface area (Å²) in [6.45, 7) is 2.58. The van der Waals surface area contributed by atoms with Crippen molar-refractivity contribution < 1.29 is 9.90 Å². The highest BCUT2D eigenvalue weighted by molar-refractivity contribution is 5.79. The Morgan fingerprint density at radius 3 is 2.60 bits per heavy atom. The molecule has 58 valence electrons. The van der Waals surface area contributed by atoms with Crippen LogP contribution in [0.1, 0.15) is 6.92 Å². The van der Waals surface area contributed by atoms with E-state index in [4.69, 9.17) is 5.73 Å². The van der Waals surface area contributed by atoms with Crippen molar-refractivity contribution in [2.45, 2.75) is 12.5 Å². The number of hydrogen-bond acceptors (Lipinski definition) is 3. The van der Waals surface area contributed by atoms with Crippen LogP contribution in [-0.2, 0) is 4.79 Å². The second-order valence-electron chi connectivity index (χ2n) is 2.95. The summed E-state index contributed by atoms with van der Waals surface area (Å²) >= 11 is 0. The predicted octanol–water partition coefficient (Wildman–Crippen LogP) is -1.46. The second-order valence-corrected chi connectivity index (χ2v) is 2.95. The molecule has 1 amide bonds. The Morgan fingerprint density at radius 1 is 1.80 bits per heavy atom. The molecule has 0 radical (unpaired) electrons. The fraction of sp³-hybridized carbons (Fsp3) is 0.833. The molecule has 0 aromatic rings. The van der Waals surface area contributed by atoms with E-state index < -0.39 is 5.60 Å². The van der Waals surface area contributed by atoms with E-state index in [9.17, 15) is 9.90 Å². The fourth-order valence-corrected chi connectivity index (χ4v) is 1.08. The summed E-state index contributed by atoms with van der Waals surface area (Å²) in [4.78, 5) is 12.3. The number of rotatable bonds is 1. The zero-order valence-electron chi connectivity index (χ0n) is 6.00. The highest BCUT2D eigenvalue weighted by Crippen LogP contribution is 2.18. The van der Waals surface area contributed by atoms with E-state index in [0.29, 0.717) is 13.1 Å². The summed E-state index contributed by atoms with van der Waals surface area (Å²) in [5.74, 6) is -0.0912. The van der Waals surface area contributed by atoms with Gasteiger partial charge in [-0.15, -0.1) is 0 Å². The number of hydrogen-bond donors (Lipinski definition) is 2. The molecule has 1 rings (SSSR count). The zero-order chi connectivity index (χ0) is 7.78. The van der Waals surface area contributed by atoms with E-state index in [1.807, 2.05) is 0 Å². The van der Waals surface area contributed by atoms with Gasteiger partial charge >= 0.3 is 0 Å². The minimum Gasteiger partial charge on any atom is -0.386 e. The van der Waals surface area contributed by atoms with Gasteiger partial charge < -0.3 is 15.7 Å². The molecule has 1 heterocycles. The number of carbonyl (C=O) groups excluding carboxylic acids is 1. The van der Waals surface area contributed by atoms with Gasteiger partial charge in [-0.1, -0.05) is 0 Å². The molecule has 4 heteroatoms. The molecule has 0 spiro atoms. The van der Waals surface area contributed by atoms with Crippen molar-refractivity contribution in [3.63, 3.8) is 0 Å². The fourth-order valence-electron chi connectivity index (χ4n) is 1.08. The molecule has 1 fully saturated rings. The van der Waals surface area contributed by atoms with Gasteiger partial charge in [0.2, 0.25) is 5.91 Å².